The Bertz CT molecular complexity index is 1680. The van der Waals surface area contributed by atoms with Crippen molar-refractivity contribution < 1.29 is 32.3 Å². The first-order valence-electron chi connectivity index (χ1n) is 13.8. The maximum absolute atomic E-state index is 14.3. The van der Waals surface area contributed by atoms with Gasteiger partial charge in [0, 0.05) is 36.6 Å². The summed E-state index contributed by atoms with van der Waals surface area (Å²) in [4.78, 5) is 42.7. The average molecular weight is 594 g/mol. The quantitative estimate of drug-likeness (QED) is 0.441. The molecular weight excluding hydrogens is 562 g/mol. The molecule has 3 aliphatic rings. The standard InChI is InChI=1S/C29H31N5O7S/c1-18-22(15-32(2)31-18)27(28(36)30-19-8-4-3-5-9-19)34(20-12-13-23-24(14-20)41-17-40-23)26(35)16-33-29(37)21-10-6-7-11-25(21)42(33,38)39/h6-7,10-15,19,27H,3-5,8-9,16-17H2,1-2H3,(H,30,36). The van der Waals surface area contributed by atoms with Crippen LogP contribution >= 0.6 is 0 Å². The number of aromatic nitrogens is 2. The molecule has 12 nitrogen and oxygen atoms in total. The summed E-state index contributed by atoms with van der Waals surface area (Å²) >= 11 is 0. The summed E-state index contributed by atoms with van der Waals surface area (Å²) in [6.45, 7) is 0.930. The number of ether oxygens (including phenoxy) is 2. The summed E-state index contributed by atoms with van der Waals surface area (Å²) in [7, 11) is -2.56. The monoisotopic (exact) mass is 593 g/mol. The van der Waals surface area contributed by atoms with E-state index >= 15 is 0 Å². The number of anilines is 1. The Morgan fingerprint density at radius 1 is 1.10 bits per heavy atom. The lowest BCUT2D eigenvalue weighted by molar-refractivity contribution is -0.127. The molecule has 2 aromatic carbocycles. The Labute approximate surface area is 243 Å². The molecule has 3 amide bonds. The van der Waals surface area contributed by atoms with E-state index in [1.807, 2.05) is 0 Å². The smallest absolute Gasteiger partial charge is 0.269 e. The Kier molecular flexibility index (Phi) is 7.13. The van der Waals surface area contributed by atoms with Gasteiger partial charge in [0.2, 0.25) is 18.6 Å². The molecule has 0 saturated heterocycles. The highest BCUT2D eigenvalue weighted by molar-refractivity contribution is 7.90. The molecule has 220 valence electrons. The van der Waals surface area contributed by atoms with Crippen LogP contribution in [0.3, 0.4) is 0 Å². The van der Waals surface area contributed by atoms with Gasteiger partial charge in [-0.1, -0.05) is 31.4 Å². The number of fused-ring (bicyclic) bond motifs is 2. The summed E-state index contributed by atoms with van der Waals surface area (Å²) in [5.74, 6) is -1.16. The number of hydrogen-bond donors (Lipinski definition) is 1. The molecule has 0 spiro atoms. The second-order valence-electron chi connectivity index (χ2n) is 10.7. The van der Waals surface area contributed by atoms with E-state index in [4.69, 9.17) is 9.47 Å². The third kappa shape index (κ3) is 4.87. The molecule has 1 unspecified atom stereocenters. The molecule has 2 aliphatic heterocycles. The highest BCUT2D eigenvalue weighted by Crippen LogP contribution is 2.39. The Balaban J connectivity index is 1.43. The summed E-state index contributed by atoms with van der Waals surface area (Å²) in [6.07, 6.45) is 6.38. The van der Waals surface area contributed by atoms with Crippen LogP contribution in [0.25, 0.3) is 0 Å². The number of nitrogens with zero attached hydrogens (tertiary/aromatic N) is 4. The van der Waals surface area contributed by atoms with E-state index in [1.54, 1.807) is 49.1 Å². The van der Waals surface area contributed by atoms with Crippen molar-refractivity contribution >= 4 is 33.4 Å². The summed E-state index contributed by atoms with van der Waals surface area (Å²) in [6, 6.07) is 9.35. The molecule has 1 aromatic heterocycles. The maximum atomic E-state index is 14.3. The summed E-state index contributed by atoms with van der Waals surface area (Å²) in [5, 5.41) is 7.53. The van der Waals surface area contributed by atoms with E-state index < -0.39 is 40.3 Å². The lowest BCUT2D eigenvalue weighted by atomic mass is 9.94. The van der Waals surface area contributed by atoms with Crippen LogP contribution < -0.4 is 19.7 Å². The molecule has 6 rings (SSSR count). The molecule has 3 aromatic rings. The number of hydrogen-bond acceptors (Lipinski definition) is 8. The fourth-order valence-electron chi connectivity index (χ4n) is 5.87. The highest BCUT2D eigenvalue weighted by Gasteiger charge is 2.44. The normalized spacial score (nSPS) is 18.0. The van der Waals surface area contributed by atoms with E-state index in [9.17, 15) is 22.8 Å². The average Bonchev–Trinajstić information content (AvgIpc) is 3.63. The molecule has 1 aliphatic carbocycles. The maximum Gasteiger partial charge on any atom is 0.269 e. The molecule has 13 heteroatoms. The van der Waals surface area contributed by atoms with Gasteiger partial charge < -0.3 is 14.8 Å². The van der Waals surface area contributed by atoms with E-state index in [-0.39, 0.29) is 29.0 Å². The predicted molar refractivity (Wildman–Crippen MR) is 150 cm³/mol. The molecule has 42 heavy (non-hydrogen) atoms. The number of benzene rings is 2. The van der Waals surface area contributed by atoms with Crippen molar-refractivity contribution in [1.82, 2.24) is 19.4 Å². The molecule has 0 radical (unpaired) electrons. The minimum atomic E-state index is -4.28. The molecule has 0 bridgehead atoms. The van der Waals surface area contributed by atoms with Crippen molar-refractivity contribution in [3.05, 3.63) is 65.5 Å². The van der Waals surface area contributed by atoms with Gasteiger partial charge in [-0.25, -0.2) is 12.7 Å². The van der Waals surface area contributed by atoms with Gasteiger partial charge in [0.1, 0.15) is 17.5 Å². The lowest BCUT2D eigenvalue weighted by Crippen LogP contribution is -2.50. The third-order valence-electron chi connectivity index (χ3n) is 7.90. The van der Waals surface area contributed by atoms with Crippen molar-refractivity contribution in [2.75, 3.05) is 18.2 Å². The van der Waals surface area contributed by atoms with Crippen LogP contribution in [0.2, 0.25) is 0 Å². The molecule has 1 saturated carbocycles. The summed E-state index contributed by atoms with van der Waals surface area (Å²) < 4.78 is 39.8. The predicted octanol–water partition coefficient (Wildman–Crippen LogP) is 2.83. The zero-order valence-electron chi connectivity index (χ0n) is 23.3. The van der Waals surface area contributed by atoms with E-state index in [1.165, 1.54) is 23.1 Å². The Hall–Kier alpha value is -4.39. The topological polar surface area (TPSA) is 140 Å². The van der Waals surface area contributed by atoms with Crippen LogP contribution in [0, 0.1) is 6.92 Å². The van der Waals surface area contributed by atoms with Crippen LogP contribution in [-0.2, 0) is 26.7 Å². The third-order valence-corrected chi connectivity index (χ3v) is 9.69. The van der Waals surface area contributed by atoms with Crippen molar-refractivity contribution in [3.8, 4) is 11.5 Å². The summed E-state index contributed by atoms with van der Waals surface area (Å²) in [5.41, 5.74) is 1.26. The van der Waals surface area contributed by atoms with Gasteiger partial charge in [-0.3, -0.25) is 24.0 Å². The first kappa shape index (κ1) is 27.8. The fraction of sp³-hybridized carbons (Fsp3) is 0.379. The van der Waals surface area contributed by atoms with Crippen LogP contribution in [0.15, 0.2) is 53.6 Å². The lowest BCUT2D eigenvalue weighted by Gasteiger charge is -2.34. The number of nitrogens with one attached hydrogen (secondary N) is 1. The van der Waals surface area contributed by atoms with E-state index in [2.05, 4.69) is 10.4 Å². The zero-order chi connectivity index (χ0) is 29.6. The largest absolute Gasteiger partial charge is 0.454 e. The molecular formula is C29H31N5O7S. The van der Waals surface area contributed by atoms with E-state index in [0.29, 0.717) is 27.1 Å². The second kappa shape index (κ2) is 10.8. The van der Waals surface area contributed by atoms with Crippen LogP contribution in [0.5, 0.6) is 11.5 Å². The fourth-order valence-corrected chi connectivity index (χ4v) is 7.39. The number of carbonyl (C=O) groups excluding carboxylic acids is 3. The van der Waals surface area contributed by atoms with Crippen molar-refractivity contribution in [2.45, 2.75) is 56.0 Å². The number of rotatable bonds is 7. The highest BCUT2D eigenvalue weighted by atomic mass is 32.2. The molecule has 1 fully saturated rings. The van der Waals surface area contributed by atoms with Crippen LogP contribution in [0.4, 0.5) is 5.69 Å². The van der Waals surface area contributed by atoms with Crippen LogP contribution in [-0.4, -0.2) is 59.6 Å². The van der Waals surface area contributed by atoms with Gasteiger partial charge in [0.05, 0.1) is 11.3 Å². The first-order valence-corrected chi connectivity index (χ1v) is 15.3. The van der Waals surface area contributed by atoms with Gasteiger partial charge in [-0.2, -0.15) is 5.10 Å². The molecule has 1 N–H and O–H groups in total. The van der Waals surface area contributed by atoms with Gasteiger partial charge in [-0.15, -0.1) is 0 Å². The van der Waals surface area contributed by atoms with Crippen LogP contribution in [0.1, 0.15) is 59.8 Å². The second-order valence-corrected chi connectivity index (χ2v) is 12.5. The van der Waals surface area contributed by atoms with Gasteiger partial charge >= 0.3 is 0 Å². The Morgan fingerprint density at radius 2 is 1.83 bits per heavy atom. The van der Waals surface area contributed by atoms with Gasteiger partial charge in [0.15, 0.2) is 11.5 Å². The number of carbonyl (C=O) groups is 3. The number of amides is 3. The minimum Gasteiger partial charge on any atom is -0.454 e. The number of aryl methyl sites for hydroxylation is 2. The van der Waals surface area contributed by atoms with Crippen molar-refractivity contribution in [1.29, 1.82) is 0 Å². The SMILES string of the molecule is Cc1nn(C)cc1C(C(=O)NC1CCCCC1)N(C(=O)CN1C(=O)c2ccccc2S1(=O)=O)c1ccc2c(c1)OCO2. The van der Waals surface area contributed by atoms with Gasteiger partial charge in [-0.05, 0) is 44.0 Å². The number of sulfonamides is 1. The van der Waals surface area contributed by atoms with Gasteiger partial charge in [0.25, 0.3) is 15.9 Å². The molecule has 3 heterocycles. The zero-order valence-corrected chi connectivity index (χ0v) is 24.1. The molecule has 1 atom stereocenters. The Morgan fingerprint density at radius 3 is 2.55 bits per heavy atom. The minimum absolute atomic E-state index is 0.00117. The van der Waals surface area contributed by atoms with Crippen molar-refractivity contribution in [2.24, 2.45) is 7.05 Å². The first-order chi connectivity index (χ1) is 20.1. The van der Waals surface area contributed by atoms with E-state index in [0.717, 1.165) is 32.1 Å². The van der Waals surface area contributed by atoms with Crippen molar-refractivity contribution in [3.63, 3.8) is 0 Å².